The molecule has 1 N–H and O–H groups in total. The normalized spacial score (nSPS) is 11.3. The number of benzene rings is 1. The summed E-state index contributed by atoms with van der Waals surface area (Å²) in [7, 11) is 0. The number of anilines is 1. The Labute approximate surface area is 144 Å². The van der Waals surface area contributed by atoms with E-state index in [0.29, 0.717) is 11.5 Å². The standard InChI is InChI=1S/C15H10F3N5OS/c16-15(17,18)25-12-4-1-10(2-5-12)14(24)22-11-3-6-13(20-7-11)23-9-19-8-21-23/h1-9H,(H,22,24). The predicted molar refractivity (Wildman–Crippen MR) is 85.5 cm³/mol. The molecule has 0 saturated carbocycles. The van der Waals surface area contributed by atoms with E-state index in [1.165, 1.54) is 47.8 Å². The average molecular weight is 365 g/mol. The Morgan fingerprint density at radius 2 is 1.88 bits per heavy atom. The molecule has 0 atom stereocenters. The number of hydrogen-bond donors (Lipinski definition) is 1. The van der Waals surface area contributed by atoms with Gasteiger partial charge in [-0.05, 0) is 48.2 Å². The van der Waals surface area contributed by atoms with Crippen molar-refractivity contribution in [1.29, 1.82) is 0 Å². The molecule has 3 rings (SSSR count). The third-order valence-electron chi connectivity index (χ3n) is 3.01. The second-order valence-electron chi connectivity index (χ2n) is 4.77. The molecule has 128 valence electrons. The Bertz CT molecular complexity index is 848. The average Bonchev–Trinajstić information content (AvgIpc) is 3.09. The molecule has 0 bridgehead atoms. The quantitative estimate of drug-likeness (QED) is 0.716. The van der Waals surface area contributed by atoms with Gasteiger partial charge in [0.05, 0.1) is 11.9 Å². The van der Waals surface area contributed by atoms with Crippen LogP contribution in [0.1, 0.15) is 10.4 Å². The summed E-state index contributed by atoms with van der Waals surface area (Å²) in [5.41, 5.74) is -3.67. The molecular weight excluding hydrogens is 355 g/mol. The van der Waals surface area contributed by atoms with Crippen molar-refractivity contribution in [3.05, 3.63) is 60.8 Å². The number of amides is 1. The van der Waals surface area contributed by atoms with Gasteiger partial charge in [0.15, 0.2) is 5.82 Å². The highest BCUT2D eigenvalue weighted by atomic mass is 32.2. The van der Waals surface area contributed by atoms with E-state index in [1.807, 2.05) is 0 Å². The van der Waals surface area contributed by atoms with E-state index in [0.717, 1.165) is 0 Å². The van der Waals surface area contributed by atoms with E-state index in [1.54, 1.807) is 12.1 Å². The number of aromatic nitrogens is 4. The number of alkyl halides is 3. The number of nitrogens with zero attached hydrogens (tertiary/aromatic N) is 4. The van der Waals surface area contributed by atoms with Crippen LogP contribution in [0.5, 0.6) is 0 Å². The third kappa shape index (κ3) is 4.57. The Balaban J connectivity index is 1.65. The van der Waals surface area contributed by atoms with E-state index < -0.39 is 11.4 Å². The summed E-state index contributed by atoms with van der Waals surface area (Å²) in [4.78, 5) is 20.1. The first-order valence-corrected chi connectivity index (χ1v) is 7.70. The van der Waals surface area contributed by atoms with Gasteiger partial charge < -0.3 is 5.32 Å². The topological polar surface area (TPSA) is 72.7 Å². The zero-order chi connectivity index (χ0) is 17.9. The van der Waals surface area contributed by atoms with E-state index in [-0.39, 0.29) is 22.2 Å². The maximum atomic E-state index is 12.3. The van der Waals surface area contributed by atoms with Gasteiger partial charge in [-0.2, -0.15) is 18.3 Å². The maximum Gasteiger partial charge on any atom is 0.446 e. The molecule has 0 spiro atoms. The van der Waals surface area contributed by atoms with Gasteiger partial charge in [0, 0.05) is 10.5 Å². The van der Waals surface area contributed by atoms with Crippen LogP contribution in [0.3, 0.4) is 0 Å². The van der Waals surface area contributed by atoms with Crippen LogP contribution < -0.4 is 5.32 Å². The van der Waals surface area contributed by atoms with Crippen LogP contribution in [0.25, 0.3) is 5.82 Å². The zero-order valence-corrected chi connectivity index (χ0v) is 13.3. The highest BCUT2D eigenvalue weighted by Crippen LogP contribution is 2.36. The number of thioether (sulfide) groups is 1. The number of pyridine rings is 1. The van der Waals surface area contributed by atoms with Crippen molar-refractivity contribution >= 4 is 23.4 Å². The highest BCUT2D eigenvalue weighted by molar-refractivity contribution is 8.00. The summed E-state index contributed by atoms with van der Waals surface area (Å²) in [6, 6.07) is 8.45. The summed E-state index contributed by atoms with van der Waals surface area (Å²) in [5.74, 6) is 0.0860. The minimum absolute atomic E-state index is 0.0166. The Hall–Kier alpha value is -2.88. The fourth-order valence-electron chi connectivity index (χ4n) is 1.93. The molecule has 0 saturated heterocycles. The van der Waals surface area contributed by atoms with Crippen molar-refractivity contribution in [3.63, 3.8) is 0 Å². The Morgan fingerprint density at radius 1 is 1.12 bits per heavy atom. The largest absolute Gasteiger partial charge is 0.446 e. The van der Waals surface area contributed by atoms with Crippen molar-refractivity contribution in [2.75, 3.05) is 5.32 Å². The third-order valence-corrected chi connectivity index (χ3v) is 3.75. The van der Waals surface area contributed by atoms with Crippen molar-refractivity contribution in [2.24, 2.45) is 0 Å². The van der Waals surface area contributed by atoms with Crippen LogP contribution in [0.2, 0.25) is 0 Å². The van der Waals surface area contributed by atoms with Crippen LogP contribution in [0.15, 0.2) is 60.1 Å². The number of halogens is 3. The van der Waals surface area contributed by atoms with Crippen LogP contribution >= 0.6 is 11.8 Å². The van der Waals surface area contributed by atoms with Crippen LogP contribution in [-0.4, -0.2) is 31.2 Å². The molecule has 2 heterocycles. The van der Waals surface area contributed by atoms with Crippen molar-refractivity contribution < 1.29 is 18.0 Å². The predicted octanol–water partition coefficient (Wildman–Crippen LogP) is 3.53. The summed E-state index contributed by atoms with van der Waals surface area (Å²) in [6.07, 6.45) is 4.31. The molecule has 0 radical (unpaired) electrons. The number of carbonyl (C=O) groups excluding carboxylic acids is 1. The molecular formula is C15H10F3N5OS. The maximum absolute atomic E-state index is 12.3. The van der Waals surface area contributed by atoms with Gasteiger partial charge in [-0.25, -0.2) is 14.6 Å². The number of nitrogens with one attached hydrogen (secondary N) is 1. The van der Waals surface area contributed by atoms with Crippen molar-refractivity contribution in [1.82, 2.24) is 19.7 Å². The van der Waals surface area contributed by atoms with E-state index in [2.05, 4.69) is 20.4 Å². The lowest BCUT2D eigenvalue weighted by Crippen LogP contribution is -2.12. The van der Waals surface area contributed by atoms with Gasteiger partial charge in [0.25, 0.3) is 5.91 Å². The lowest BCUT2D eigenvalue weighted by atomic mass is 10.2. The van der Waals surface area contributed by atoms with E-state index in [9.17, 15) is 18.0 Å². The fourth-order valence-corrected chi connectivity index (χ4v) is 2.47. The monoisotopic (exact) mass is 365 g/mol. The lowest BCUT2D eigenvalue weighted by Gasteiger charge is -2.08. The summed E-state index contributed by atoms with van der Waals surface area (Å²) < 4.78 is 38.3. The van der Waals surface area contributed by atoms with Gasteiger partial charge >= 0.3 is 5.51 Å². The minimum Gasteiger partial charge on any atom is -0.321 e. The smallest absolute Gasteiger partial charge is 0.321 e. The molecule has 1 aromatic carbocycles. The summed E-state index contributed by atoms with van der Waals surface area (Å²) in [6.45, 7) is 0. The molecule has 3 aromatic rings. The molecule has 1 amide bonds. The van der Waals surface area contributed by atoms with Gasteiger partial charge in [-0.15, -0.1) is 0 Å². The Morgan fingerprint density at radius 3 is 2.44 bits per heavy atom. The lowest BCUT2D eigenvalue weighted by molar-refractivity contribution is -0.0328. The molecule has 0 fully saturated rings. The fraction of sp³-hybridized carbons (Fsp3) is 0.0667. The molecule has 6 nitrogen and oxygen atoms in total. The van der Waals surface area contributed by atoms with Crippen molar-refractivity contribution in [2.45, 2.75) is 10.4 Å². The molecule has 0 aliphatic heterocycles. The second-order valence-corrected chi connectivity index (χ2v) is 5.91. The molecule has 0 aliphatic carbocycles. The number of hydrogen-bond acceptors (Lipinski definition) is 5. The molecule has 2 aromatic heterocycles. The summed E-state index contributed by atoms with van der Waals surface area (Å²) in [5, 5.41) is 6.55. The van der Waals surface area contributed by atoms with Gasteiger partial charge in [0.1, 0.15) is 12.7 Å². The molecule has 10 heteroatoms. The van der Waals surface area contributed by atoms with Gasteiger partial charge in [-0.3, -0.25) is 4.79 Å². The van der Waals surface area contributed by atoms with E-state index >= 15 is 0 Å². The first kappa shape index (κ1) is 17.0. The first-order chi connectivity index (χ1) is 11.9. The van der Waals surface area contributed by atoms with Crippen molar-refractivity contribution in [3.8, 4) is 5.82 Å². The zero-order valence-electron chi connectivity index (χ0n) is 12.4. The highest BCUT2D eigenvalue weighted by Gasteiger charge is 2.29. The Kier molecular flexibility index (Phi) is 4.70. The van der Waals surface area contributed by atoms with Crippen LogP contribution in [0.4, 0.5) is 18.9 Å². The minimum atomic E-state index is -4.36. The van der Waals surface area contributed by atoms with Crippen LogP contribution in [-0.2, 0) is 0 Å². The molecule has 0 aliphatic rings. The number of rotatable bonds is 4. The van der Waals surface area contributed by atoms with Gasteiger partial charge in [0.2, 0.25) is 0 Å². The second kappa shape index (κ2) is 6.93. The van der Waals surface area contributed by atoms with Gasteiger partial charge in [-0.1, -0.05) is 0 Å². The summed E-state index contributed by atoms with van der Waals surface area (Å²) >= 11 is -0.230. The SMILES string of the molecule is O=C(Nc1ccc(-n2cncn2)nc1)c1ccc(SC(F)(F)F)cc1. The molecule has 0 unspecified atom stereocenters. The first-order valence-electron chi connectivity index (χ1n) is 6.89. The number of carbonyl (C=O) groups is 1. The molecule has 25 heavy (non-hydrogen) atoms. The van der Waals surface area contributed by atoms with E-state index in [4.69, 9.17) is 0 Å². The van der Waals surface area contributed by atoms with Crippen LogP contribution in [0, 0.1) is 0 Å².